The minimum Gasteiger partial charge on any atom is -0.497 e. The van der Waals surface area contributed by atoms with Gasteiger partial charge in [0, 0.05) is 6.08 Å². The molecule has 0 fully saturated rings. The molecule has 0 aliphatic heterocycles. The lowest BCUT2D eigenvalue weighted by Crippen LogP contribution is -1.83. The molecule has 3 aromatic rings. The second-order valence-corrected chi connectivity index (χ2v) is 4.98. The Morgan fingerprint density at radius 3 is 2.14 bits per heavy atom. The molecular weight excluding hydrogens is 282 g/mol. The fourth-order valence-electron chi connectivity index (χ4n) is 2.44. The van der Waals surface area contributed by atoms with Crippen LogP contribution in [0.25, 0.3) is 28.0 Å². The van der Waals surface area contributed by atoms with E-state index in [0.717, 1.165) is 33.7 Å². The van der Waals surface area contributed by atoms with Crippen LogP contribution in [0.2, 0.25) is 0 Å². The summed E-state index contributed by atoms with van der Waals surface area (Å²) < 4.78 is 29.8. The van der Waals surface area contributed by atoms with Crippen LogP contribution < -0.4 is 4.74 Å². The van der Waals surface area contributed by atoms with E-state index < -0.39 is 6.08 Å². The van der Waals surface area contributed by atoms with Crippen molar-refractivity contribution in [2.75, 3.05) is 7.11 Å². The number of ether oxygens (including phenoxy) is 1. The van der Waals surface area contributed by atoms with Crippen LogP contribution in [0.15, 0.2) is 66.7 Å². The summed E-state index contributed by atoms with van der Waals surface area (Å²) in [5.74, 6) is 0.814. The average molecular weight is 296 g/mol. The van der Waals surface area contributed by atoms with E-state index in [1.807, 2.05) is 42.5 Å². The number of halogens is 2. The molecule has 0 aromatic heterocycles. The van der Waals surface area contributed by atoms with E-state index in [1.165, 1.54) is 0 Å². The lowest BCUT2D eigenvalue weighted by molar-refractivity contribution is 0.415. The lowest BCUT2D eigenvalue weighted by Gasteiger charge is -2.06. The average Bonchev–Trinajstić information content (AvgIpc) is 2.54. The summed E-state index contributed by atoms with van der Waals surface area (Å²) in [6.07, 6.45) is -0.814. The van der Waals surface area contributed by atoms with Crippen molar-refractivity contribution >= 4 is 16.8 Å². The highest BCUT2D eigenvalue weighted by Crippen LogP contribution is 2.27. The van der Waals surface area contributed by atoms with Gasteiger partial charge in [-0.3, -0.25) is 0 Å². The van der Waals surface area contributed by atoms with Crippen molar-refractivity contribution < 1.29 is 13.5 Å². The summed E-state index contributed by atoms with van der Waals surface area (Å²) in [6, 6.07) is 19.1. The van der Waals surface area contributed by atoms with Crippen molar-refractivity contribution in [2.45, 2.75) is 0 Å². The molecule has 1 nitrogen and oxygen atoms in total. The monoisotopic (exact) mass is 296 g/mol. The summed E-state index contributed by atoms with van der Waals surface area (Å²) in [4.78, 5) is 0. The van der Waals surface area contributed by atoms with Crippen molar-refractivity contribution in [2.24, 2.45) is 0 Å². The number of rotatable bonds is 3. The summed E-state index contributed by atoms with van der Waals surface area (Å²) in [6.45, 7) is 0. The molecule has 22 heavy (non-hydrogen) atoms. The van der Waals surface area contributed by atoms with Crippen LogP contribution in [0.4, 0.5) is 8.78 Å². The van der Waals surface area contributed by atoms with Crippen LogP contribution in [0.1, 0.15) is 5.56 Å². The molecule has 0 spiro atoms. The van der Waals surface area contributed by atoms with Crippen LogP contribution in [0.3, 0.4) is 0 Å². The van der Waals surface area contributed by atoms with Gasteiger partial charge < -0.3 is 4.74 Å². The molecule has 0 saturated carbocycles. The zero-order valence-electron chi connectivity index (χ0n) is 12.0. The molecule has 0 N–H and O–H groups in total. The van der Waals surface area contributed by atoms with Gasteiger partial charge in [-0.05, 0) is 51.7 Å². The summed E-state index contributed by atoms with van der Waals surface area (Å²) in [7, 11) is 1.64. The van der Waals surface area contributed by atoms with Gasteiger partial charge in [0.05, 0.1) is 7.11 Å². The van der Waals surface area contributed by atoms with E-state index in [4.69, 9.17) is 4.74 Å². The molecular formula is C19H14F2O. The zero-order chi connectivity index (χ0) is 15.5. The molecule has 110 valence electrons. The zero-order valence-corrected chi connectivity index (χ0v) is 12.0. The number of benzene rings is 3. The quantitative estimate of drug-likeness (QED) is 0.597. The van der Waals surface area contributed by atoms with Gasteiger partial charge in [-0.1, -0.05) is 36.4 Å². The number of methoxy groups -OCH3 is 1. The van der Waals surface area contributed by atoms with E-state index in [0.29, 0.717) is 5.56 Å². The molecule has 0 bridgehead atoms. The van der Waals surface area contributed by atoms with Crippen molar-refractivity contribution in [3.63, 3.8) is 0 Å². The van der Waals surface area contributed by atoms with Gasteiger partial charge in [-0.2, -0.15) is 8.78 Å². The molecule has 0 atom stereocenters. The normalized spacial score (nSPS) is 10.5. The Bertz CT molecular complexity index is 832. The molecule has 0 radical (unpaired) electrons. The van der Waals surface area contributed by atoms with Crippen LogP contribution >= 0.6 is 0 Å². The topological polar surface area (TPSA) is 9.23 Å². The molecule has 3 aromatic carbocycles. The Balaban J connectivity index is 2.00. The van der Waals surface area contributed by atoms with Gasteiger partial charge in [0.15, 0.2) is 0 Å². The lowest BCUT2D eigenvalue weighted by atomic mass is 10.00. The van der Waals surface area contributed by atoms with Crippen molar-refractivity contribution in [3.8, 4) is 16.9 Å². The first-order chi connectivity index (χ1) is 10.7. The third kappa shape index (κ3) is 2.98. The second-order valence-electron chi connectivity index (χ2n) is 4.98. The first-order valence-electron chi connectivity index (χ1n) is 6.87. The van der Waals surface area contributed by atoms with E-state index >= 15 is 0 Å². The Morgan fingerprint density at radius 2 is 1.45 bits per heavy atom. The maximum atomic E-state index is 12.3. The standard InChI is InChI=1S/C19H14F2O/c1-22-18-8-6-14(7-9-18)16-5-4-15-10-13(11-19(20)21)2-3-17(15)12-16/h2-12H,1H3. The largest absolute Gasteiger partial charge is 0.497 e. The smallest absolute Gasteiger partial charge is 0.270 e. The van der Waals surface area contributed by atoms with Crippen LogP contribution in [-0.2, 0) is 0 Å². The van der Waals surface area contributed by atoms with E-state index in [1.54, 1.807) is 19.2 Å². The minimum absolute atomic E-state index is 0.504. The second kappa shape index (κ2) is 5.98. The Labute approximate surface area is 127 Å². The predicted molar refractivity (Wildman–Crippen MR) is 86.1 cm³/mol. The van der Waals surface area contributed by atoms with Gasteiger partial charge in [0.2, 0.25) is 0 Å². The predicted octanol–water partition coefficient (Wildman–Crippen LogP) is 5.75. The van der Waals surface area contributed by atoms with Crippen molar-refractivity contribution in [1.82, 2.24) is 0 Å². The molecule has 3 heteroatoms. The Morgan fingerprint density at radius 1 is 0.818 bits per heavy atom. The molecule has 0 aliphatic carbocycles. The first kappa shape index (κ1) is 14.3. The van der Waals surface area contributed by atoms with E-state index in [-0.39, 0.29) is 0 Å². The molecule has 0 amide bonds. The fourth-order valence-corrected chi connectivity index (χ4v) is 2.44. The number of hydrogen-bond acceptors (Lipinski definition) is 1. The third-order valence-corrected chi connectivity index (χ3v) is 3.56. The molecule has 0 unspecified atom stereocenters. The van der Waals surface area contributed by atoms with Gasteiger partial charge in [0.25, 0.3) is 6.08 Å². The number of hydrogen-bond donors (Lipinski definition) is 0. The van der Waals surface area contributed by atoms with Gasteiger partial charge in [0.1, 0.15) is 5.75 Å². The minimum atomic E-state index is -1.69. The highest BCUT2D eigenvalue weighted by Gasteiger charge is 2.02. The fraction of sp³-hybridized carbons (Fsp3) is 0.0526. The maximum Gasteiger partial charge on any atom is 0.270 e. The van der Waals surface area contributed by atoms with Gasteiger partial charge in [-0.15, -0.1) is 0 Å². The van der Waals surface area contributed by atoms with Gasteiger partial charge in [-0.25, -0.2) is 0 Å². The summed E-state index contributed by atoms with van der Waals surface area (Å²) in [5.41, 5.74) is 2.67. The van der Waals surface area contributed by atoms with Crippen LogP contribution in [0.5, 0.6) is 5.75 Å². The summed E-state index contributed by atoms with van der Waals surface area (Å²) in [5, 5.41) is 1.96. The highest BCUT2D eigenvalue weighted by molar-refractivity contribution is 5.89. The van der Waals surface area contributed by atoms with E-state index in [2.05, 4.69) is 6.07 Å². The van der Waals surface area contributed by atoms with Crippen LogP contribution in [-0.4, -0.2) is 7.11 Å². The third-order valence-electron chi connectivity index (χ3n) is 3.56. The summed E-state index contributed by atoms with van der Waals surface area (Å²) >= 11 is 0. The SMILES string of the molecule is COc1ccc(-c2ccc3cc(C=C(F)F)ccc3c2)cc1. The van der Waals surface area contributed by atoms with Crippen LogP contribution in [0, 0.1) is 0 Å². The Hall–Kier alpha value is -2.68. The Kier molecular flexibility index (Phi) is 3.88. The first-order valence-corrected chi connectivity index (χ1v) is 6.87. The van der Waals surface area contributed by atoms with Gasteiger partial charge >= 0.3 is 0 Å². The molecule has 3 rings (SSSR count). The molecule has 0 heterocycles. The van der Waals surface area contributed by atoms with E-state index in [9.17, 15) is 8.78 Å². The molecule has 0 aliphatic rings. The van der Waals surface area contributed by atoms with Crippen molar-refractivity contribution in [3.05, 3.63) is 72.3 Å². The molecule has 0 saturated heterocycles. The maximum absolute atomic E-state index is 12.3. The van der Waals surface area contributed by atoms with Crippen molar-refractivity contribution in [1.29, 1.82) is 0 Å². The number of fused-ring (bicyclic) bond motifs is 1. The highest BCUT2D eigenvalue weighted by atomic mass is 19.3.